The molecular weight excluding hydrogens is 432 g/mol. The Morgan fingerprint density at radius 2 is 1.40 bits per heavy atom. The Morgan fingerprint density at radius 1 is 0.767 bits per heavy atom. The summed E-state index contributed by atoms with van der Waals surface area (Å²) in [6, 6.07) is 30.2. The van der Waals surface area contributed by atoms with Gasteiger partial charge in [0.15, 0.2) is 0 Å². The summed E-state index contributed by atoms with van der Waals surface area (Å²) in [7, 11) is 0. The summed E-state index contributed by atoms with van der Waals surface area (Å²) in [4.78, 5) is 0. The number of hydrogen-bond acceptors (Lipinski definition) is 1. The first kappa shape index (κ1) is 19.5. The zero-order valence-corrected chi connectivity index (χ0v) is 18.5. The highest BCUT2D eigenvalue weighted by atomic mass is 79.9. The standard InChI is InChI=1S/C28H25BrO/c29-23-18-16-22(17-19-23)28-27(24-14-8-3-9-15-25(24)30-28)26(20-10-4-1-5-11-20)21-12-6-2-7-13-21/h1-2,4-7,10-14,16-19,25,28H,3,8-9,15H2. The highest BCUT2D eigenvalue weighted by molar-refractivity contribution is 9.10. The van der Waals surface area contributed by atoms with Gasteiger partial charge in [-0.3, -0.25) is 0 Å². The van der Waals surface area contributed by atoms with E-state index in [-0.39, 0.29) is 12.2 Å². The molecule has 30 heavy (non-hydrogen) atoms. The number of hydrogen-bond donors (Lipinski definition) is 0. The zero-order chi connectivity index (χ0) is 20.3. The Kier molecular flexibility index (Phi) is 5.70. The fourth-order valence-corrected chi connectivity index (χ4v) is 4.94. The van der Waals surface area contributed by atoms with Gasteiger partial charge in [0.2, 0.25) is 0 Å². The molecule has 0 saturated carbocycles. The van der Waals surface area contributed by atoms with Crippen molar-refractivity contribution in [3.8, 4) is 0 Å². The second-order valence-corrected chi connectivity index (χ2v) is 8.94. The lowest BCUT2D eigenvalue weighted by molar-refractivity contribution is 0.0577. The maximum absolute atomic E-state index is 6.77. The first-order valence-corrected chi connectivity index (χ1v) is 11.6. The van der Waals surface area contributed by atoms with Crippen LogP contribution in [-0.4, -0.2) is 6.10 Å². The summed E-state index contributed by atoms with van der Waals surface area (Å²) >= 11 is 3.58. The molecule has 1 nitrogen and oxygen atoms in total. The molecule has 0 spiro atoms. The molecule has 2 atom stereocenters. The third kappa shape index (κ3) is 3.82. The van der Waals surface area contributed by atoms with E-state index in [1.165, 1.54) is 46.3 Å². The molecule has 1 fully saturated rings. The van der Waals surface area contributed by atoms with Crippen molar-refractivity contribution in [1.82, 2.24) is 0 Å². The van der Waals surface area contributed by atoms with Crippen LogP contribution in [-0.2, 0) is 4.74 Å². The smallest absolute Gasteiger partial charge is 0.109 e. The number of allylic oxidation sites excluding steroid dienone is 1. The SMILES string of the molecule is Brc1ccc(C2OC3CCCCC=C3C2=C(c2ccccc2)c2ccccc2)cc1. The molecule has 1 saturated heterocycles. The molecule has 2 unspecified atom stereocenters. The Balaban J connectivity index is 1.78. The average molecular weight is 457 g/mol. The van der Waals surface area contributed by atoms with Crippen LogP contribution in [0.4, 0.5) is 0 Å². The normalized spacial score (nSPS) is 21.0. The van der Waals surface area contributed by atoms with Crippen molar-refractivity contribution in [3.05, 3.63) is 123 Å². The van der Waals surface area contributed by atoms with Crippen molar-refractivity contribution in [1.29, 1.82) is 0 Å². The molecule has 3 aromatic rings. The van der Waals surface area contributed by atoms with Crippen molar-refractivity contribution in [2.75, 3.05) is 0 Å². The van der Waals surface area contributed by atoms with Gasteiger partial charge >= 0.3 is 0 Å². The Labute approximate surface area is 187 Å². The van der Waals surface area contributed by atoms with Crippen LogP contribution >= 0.6 is 15.9 Å². The molecule has 150 valence electrons. The van der Waals surface area contributed by atoms with E-state index in [1.54, 1.807) is 0 Å². The van der Waals surface area contributed by atoms with Crippen LogP contribution < -0.4 is 0 Å². The molecule has 0 aromatic heterocycles. The summed E-state index contributed by atoms with van der Waals surface area (Å²) in [5, 5.41) is 0. The molecule has 1 heterocycles. The number of benzene rings is 3. The van der Waals surface area contributed by atoms with Crippen molar-refractivity contribution < 1.29 is 4.74 Å². The largest absolute Gasteiger partial charge is 0.361 e. The highest BCUT2D eigenvalue weighted by Crippen LogP contribution is 2.49. The Hall–Kier alpha value is -2.42. The summed E-state index contributed by atoms with van der Waals surface area (Å²) in [5.41, 5.74) is 7.72. The van der Waals surface area contributed by atoms with E-state index in [9.17, 15) is 0 Å². The predicted octanol–water partition coefficient (Wildman–Crippen LogP) is 7.89. The van der Waals surface area contributed by atoms with Gasteiger partial charge in [0.1, 0.15) is 6.10 Å². The van der Waals surface area contributed by atoms with Crippen molar-refractivity contribution in [2.24, 2.45) is 0 Å². The van der Waals surface area contributed by atoms with Gasteiger partial charge in [-0.15, -0.1) is 0 Å². The number of ether oxygens (including phenoxy) is 1. The second kappa shape index (κ2) is 8.75. The molecule has 0 radical (unpaired) electrons. The van der Waals surface area contributed by atoms with Gasteiger partial charge in [0.05, 0.1) is 6.10 Å². The molecule has 0 N–H and O–H groups in total. The van der Waals surface area contributed by atoms with Crippen LogP contribution in [0.25, 0.3) is 5.57 Å². The molecule has 2 heteroatoms. The van der Waals surface area contributed by atoms with Gasteiger partial charge in [0, 0.05) is 4.47 Å². The quantitative estimate of drug-likeness (QED) is 0.389. The van der Waals surface area contributed by atoms with Crippen LogP contribution in [0.2, 0.25) is 0 Å². The van der Waals surface area contributed by atoms with E-state index in [4.69, 9.17) is 4.74 Å². The third-order valence-electron chi connectivity index (χ3n) is 6.07. The van der Waals surface area contributed by atoms with E-state index in [0.717, 1.165) is 17.3 Å². The van der Waals surface area contributed by atoms with E-state index < -0.39 is 0 Å². The fraction of sp³-hybridized carbons (Fsp3) is 0.214. The molecule has 1 aliphatic heterocycles. The van der Waals surface area contributed by atoms with Crippen molar-refractivity contribution in [3.63, 3.8) is 0 Å². The Morgan fingerprint density at radius 3 is 2.03 bits per heavy atom. The number of halogens is 1. The van der Waals surface area contributed by atoms with Gasteiger partial charge in [0.25, 0.3) is 0 Å². The Bertz CT molecular complexity index is 1020. The summed E-state index contributed by atoms with van der Waals surface area (Å²) < 4.78 is 7.86. The highest BCUT2D eigenvalue weighted by Gasteiger charge is 2.38. The van der Waals surface area contributed by atoms with E-state index in [1.807, 2.05) is 0 Å². The van der Waals surface area contributed by atoms with E-state index >= 15 is 0 Å². The van der Waals surface area contributed by atoms with Crippen LogP contribution in [0, 0.1) is 0 Å². The van der Waals surface area contributed by atoms with Crippen molar-refractivity contribution in [2.45, 2.75) is 37.9 Å². The molecule has 2 aliphatic rings. The number of fused-ring (bicyclic) bond motifs is 1. The van der Waals surface area contributed by atoms with Crippen LogP contribution in [0.5, 0.6) is 0 Å². The number of rotatable bonds is 3. The van der Waals surface area contributed by atoms with E-state index in [2.05, 4.69) is 107 Å². The van der Waals surface area contributed by atoms with Gasteiger partial charge in [-0.1, -0.05) is 101 Å². The molecule has 0 amide bonds. The summed E-state index contributed by atoms with van der Waals surface area (Å²) in [6.45, 7) is 0. The minimum atomic E-state index is -0.0529. The van der Waals surface area contributed by atoms with Gasteiger partial charge < -0.3 is 4.74 Å². The summed E-state index contributed by atoms with van der Waals surface area (Å²) in [5.74, 6) is 0. The molecule has 0 bridgehead atoms. The lowest BCUT2D eigenvalue weighted by Crippen LogP contribution is -2.07. The van der Waals surface area contributed by atoms with E-state index in [0.29, 0.717) is 0 Å². The molecule has 5 rings (SSSR count). The van der Waals surface area contributed by atoms with Gasteiger partial charge in [-0.05, 0) is 64.8 Å². The molecule has 3 aromatic carbocycles. The first-order valence-electron chi connectivity index (χ1n) is 10.8. The molecule has 1 aliphatic carbocycles. The average Bonchev–Trinajstić information content (AvgIpc) is 2.98. The molecular formula is C28H25BrO. The lowest BCUT2D eigenvalue weighted by atomic mass is 9.84. The topological polar surface area (TPSA) is 9.23 Å². The van der Waals surface area contributed by atoms with Crippen molar-refractivity contribution >= 4 is 21.5 Å². The summed E-state index contributed by atoms with van der Waals surface area (Å²) in [6.07, 6.45) is 7.25. The van der Waals surface area contributed by atoms with Gasteiger partial charge in [-0.25, -0.2) is 0 Å². The maximum atomic E-state index is 6.77. The monoisotopic (exact) mass is 456 g/mol. The maximum Gasteiger partial charge on any atom is 0.109 e. The fourth-order valence-electron chi connectivity index (χ4n) is 4.67. The minimum absolute atomic E-state index is 0.0529. The third-order valence-corrected chi connectivity index (χ3v) is 6.60. The second-order valence-electron chi connectivity index (χ2n) is 8.02. The van der Waals surface area contributed by atoms with Crippen LogP contribution in [0.1, 0.15) is 48.5 Å². The van der Waals surface area contributed by atoms with Crippen LogP contribution in [0.15, 0.2) is 107 Å². The first-order chi connectivity index (χ1) is 14.8. The predicted molar refractivity (Wildman–Crippen MR) is 127 cm³/mol. The van der Waals surface area contributed by atoms with Gasteiger partial charge in [-0.2, -0.15) is 0 Å². The lowest BCUT2D eigenvalue weighted by Gasteiger charge is -2.19. The zero-order valence-electron chi connectivity index (χ0n) is 16.9. The minimum Gasteiger partial charge on any atom is -0.361 e. The van der Waals surface area contributed by atoms with Crippen LogP contribution in [0.3, 0.4) is 0 Å².